The van der Waals surface area contributed by atoms with E-state index >= 15 is 0 Å². The molecule has 2 aliphatic carbocycles. The van der Waals surface area contributed by atoms with Crippen molar-refractivity contribution in [1.29, 1.82) is 0 Å². The van der Waals surface area contributed by atoms with Crippen LogP contribution in [0.3, 0.4) is 0 Å². The summed E-state index contributed by atoms with van der Waals surface area (Å²) in [5.41, 5.74) is 1.01. The molecule has 0 bridgehead atoms. The van der Waals surface area contributed by atoms with Gasteiger partial charge in [0.05, 0.1) is 24.7 Å². The highest BCUT2D eigenvalue weighted by Crippen LogP contribution is 2.42. The van der Waals surface area contributed by atoms with Crippen molar-refractivity contribution in [3.05, 3.63) is 23.8 Å². The maximum atomic E-state index is 11.4. The lowest BCUT2D eigenvalue weighted by Gasteiger charge is -2.41. The van der Waals surface area contributed by atoms with Crippen LogP contribution in [0.1, 0.15) is 39.0 Å². The Morgan fingerprint density at radius 1 is 1.22 bits per heavy atom. The highest BCUT2D eigenvalue weighted by Gasteiger charge is 2.39. The smallest absolute Gasteiger partial charge is 0.308 e. The fraction of sp³-hybridized carbons (Fsp3) is 0.722. The lowest BCUT2D eigenvalue weighted by atomic mass is 9.66. The minimum absolute atomic E-state index is 0.0302. The van der Waals surface area contributed by atoms with E-state index in [4.69, 9.17) is 4.74 Å². The Morgan fingerprint density at radius 3 is 2.74 bits per heavy atom. The molecule has 0 amide bonds. The Balaban J connectivity index is 1.67. The molecular formula is C18H26O5. The average molecular weight is 322 g/mol. The monoisotopic (exact) mass is 322 g/mol. The standard InChI is InChI=1S/C18H26O5/c1-10-2-3-11-6-12(19)8-16(21)18(11)15(10)5-4-14-7-13(20)9-17(22)23-14/h2-3,6,10,12-16,18-21H,4-5,7-9H2,1H3/t10-,12+,13+,14+,15-,16-,18+/m0/s1. The van der Waals surface area contributed by atoms with Gasteiger partial charge in [0.25, 0.3) is 0 Å². The van der Waals surface area contributed by atoms with E-state index in [9.17, 15) is 20.1 Å². The van der Waals surface area contributed by atoms with Crippen molar-refractivity contribution in [3.63, 3.8) is 0 Å². The number of carbonyl (C=O) groups is 1. The number of fused-ring (bicyclic) bond motifs is 1. The van der Waals surface area contributed by atoms with Gasteiger partial charge in [-0.25, -0.2) is 0 Å². The predicted octanol–water partition coefficient (Wildman–Crippen LogP) is 1.32. The quantitative estimate of drug-likeness (QED) is 0.682. The number of hydrogen-bond acceptors (Lipinski definition) is 5. The van der Waals surface area contributed by atoms with E-state index in [1.165, 1.54) is 0 Å². The van der Waals surface area contributed by atoms with E-state index < -0.39 is 18.3 Å². The van der Waals surface area contributed by atoms with Crippen molar-refractivity contribution in [3.8, 4) is 0 Å². The molecule has 3 rings (SSSR count). The van der Waals surface area contributed by atoms with Crippen molar-refractivity contribution in [2.75, 3.05) is 0 Å². The second-order valence-electron chi connectivity index (χ2n) is 7.23. The summed E-state index contributed by atoms with van der Waals surface area (Å²) >= 11 is 0. The second kappa shape index (κ2) is 6.75. The summed E-state index contributed by atoms with van der Waals surface area (Å²) in [5, 5.41) is 29.9. The maximum absolute atomic E-state index is 11.4. The Bertz CT molecular complexity index is 512. The molecule has 1 fully saturated rings. The molecule has 5 nitrogen and oxygen atoms in total. The van der Waals surface area contributed by atoms with Crippen LogP contribution in [0.2, 0.25) is 0 Å². The van der Waals surface area contributed by atoms with Crippen LogP contribution in [-0.4, -0.2) is 45.7 Å². The van der Waals surface area contributed by atoms with E-state index in [-0.39, 0.29) is 30.3 Å². The Hall–Kier alpha value is -1.17. The molecule has 5 heteroatoms. The van der Waals surface area contributed by atoms with Gasteiger partial charge >= 0.3 is 5.97 Å². The summed E-state index contributed by atoms with van der Waals surface area (Å²) in [6, 6.07) is 0. The predicted molar refractivity (Wildman–Crippen MR) is 84.4 cm³/mol. The summed E-state index contributed by atoms with van der Waals surface area (Å²) in [5.74, 6) is 0.284. The molecule has 1 saturated heterocycles. The number of ether oxygens (including phenoxy) is 1. The molecule has 0 radical (unpaired) electrons. The van der Waals surface area contributed by atoms with Gasteiger partial charge < -0.3 is 20.1 Å². The van der Waals surface area contributed by atoms with E-state index in [0.717, 1.165) is 12.0 Å². The van der Waals surface area contributed by atoms with Crippen molar-refractivity contribution >= 4 is 5.97 Å². The van der Waals surface area contributed by atoms with Crippen molar-refractivity contribution in [1.82, 2.24) is 0 Å². The van der Waals surface area contributed by atoms with Gasteiger partial charge in [0.15, 0.2) is 0 Å². The number of aliphatic hydroxyl groups is 3. The van der Waals surface area contributed by atoms with Crippen LogP contribution in [0, 0.1) is 17.8 Å². The lowest BCUT2D eigenvalue weighted by Crippen LogP contribution is -2.40. The number of aliphatic hydroxyl groups excluding tert-OH is 3. The van der Waals surface area contributed by atoms with Crippen LogP contribution in [0.25, 0.3) is 0 Å². The van der Waals surface area contributed by atoms with Gasteiger partial charge in [-0.2, -0.15) is 0 Å². The zero-order valence-corrected chi connectivity index (χ0v) is 13.5. The molecule has 0 aromatic rings. The van der Waals surface area contributed by atoms with E-state index in [0.29, 0.717) is 25.2 Å². The first-order valence-corrected chi connectivity index (χ1v) is 8.57. The van der Waals surface area contributed by atoms with Crippen molar-refractivity contribution in [2.45, 2.75) is 63.4 Å². The summed E-state index contributed by atoms with van der Waals surface area (Å²) in [4.78, 5) is 11.4. The van der Waals surface area contributed by atoms with Crippen LogP contribution >= 0.6 is 0 Å². The highest BCUT2D eigenvalue weighted by atomic mass is 16.5. The SMILES string of the molecule is C[C@H]1C=CC2=C[C@@H](O)C[C@H](O)[C@H]2[C@H]1CC[C@@H]1C[C@@H](O)CC(=O)O1. The second-order valence-corrected chi connectivity index (χ2v) is 7.23. The van der Waals surface area contributed by atoms with E-state index in [2.05, 4.69) is 13.0 Å². The summed E-state index contributed by atoms with van der Waals surface area (Å²) < 4.78 is 5.33. The fourth-order valence-corrected chi connectivity index (χ4v) is 4.31. The van der Waals surface area contributed by atoms with Crippen LogP contribution in [0.15, 0.2) is 23.8 Å². The number of allylic oxidation sites excluding steroid dienone is 2. The number of rotatable bonds is 3. The van der Waals surface area contributed by atoms with Crippen molar-refractivity contribution < 1.29 is 24.9 Å². The minimum atomic E-state index is -0.601. The first kappa shape index (κ1) is 16.7. The first-order chi connectivity index (χ1) is 10.9. The molecule has 0 spiro atoms. The highest BCUT2D eigenvalue weighted by molar-refractivity contribution is 5.70. The third kappa shape index (κ3) is 3.67. The van der Waals surface area contributed by atoms with E-state index in [1.54, 1.807) is 0 Å². The summed E-state index contributed by atoms with van der Waals surface area (Å²) in [6.07, 6.45) is 6.52. The number of cyclic esters (lactones) is 1. The maximum Gasteiger partial charge on any atom is 0.308 e. The van der Waals surface area contributed by atoms with Gasteiger partial charge in [0.1, 0.15) is 6.10 Å². The lowest BCUT2D eigenvalue weighted by molar-refractivity contribution is -0.160. The Morgan fingerprint density at radius 2 is 2.00 bits per heavy atom. The van der Waals surface area contributed by atoms with Gasteiger partial charge in [-0.15, -0.1) is 0 Å². The minimum Gasteiger partial charge on any atom is -0.462 e. The van der Waals surface area contributed by atoms with Crippen LogP contribution in [0.5, 0.6) is 0 Å². The zero-order valence-electron chi connectivity index (χ0n) is 13.5. The van der Waals surface area contributed by atoms with Gasteiger partial charge in [0, 0.05) is 18.8 Å². The molecule has 0 aromatic carbocycles. The number of hydrogen-bond donors (Lipinski definition) is 3. The Labute approximate surface area is 136 Å². The van der Waals surface area contributed by atoms with Gasteiger partial charge in [-0.3, -0.25) is 4.79 Å². The molecule has 23 heavy (non-hydrogen) atoms. The molecule has 3 aliphatic rings. The Kier molecular flexibility index (Phi) is 4.90. The summed E-state index contributed by atoms with van der Waals surface area (Å²) in [7, 11) is 0. The van der Waals surface area contributed by atoms with Gasteiger partial charge in [0.2, 0.25) is 0 Å². The third-order valence-electron chi connectivity index (χ3n) is 5.45. The van der Waals surface area contributed by atoms with Gasteiger partial charge in [-0.05, 0) is 30.3 Å². The summed E-state index contributed by atoms with van der Waals surface area (Å²) in [6.45, 7) is 2.14. The molecule has 1 aliphatic heterocycles. The molecule has 7 atom stereocenters. The van der Waals surface area contributed by atoms with Crippen molar-refractivity contribution in [2.24, 2.45) is 17.8 Å². The topological polar surface area (TPSA) is 87.0 Å². The van der Waals surface area contributed by atoms with Crippen LogP contribution < -0.4 is 0 Å². The van der Waals surface area contributed by atoms with Gasteiger partial charge in [-0.1, -0.05) is 25.2 Å². The molecule has 128 valence electrons. The molecular weight excluding hydrogens is 296 g/mol. The molecule has 0 saturated carbocycles. The zero-order chi connectivity index (χ0) is 16.6. The van der Waals surface area contributed by atoms with Crippen LogP contribution in [-0.2, 0) is 9.53 Å². The fourth-order valence-electron chi connectivity index (χ4n) is 4.31. The molecule has 3 N–H and O–H groups in total. The number of carbonyl (C=O) groups excluding carboxylic acids is 1. The first-order valence-electron chi connectivity index (χ1n) is 8.57. The molecule has 0 unspecified atom stereocenters. The third-order valence-corrected chi connectivity index (χ3v) is 5.45. The largest absolute Gasteiger partial charge is 0.462 e. The average Bonchev–Trinajstić information content (AvgIpc) is 2.45. The number of esters is 1. The van der Waals surface area contributed by atoms with Crippen LogP contribution in [0.4, 0.5) is 0 Å². The molecule has 1 heterocycles. The normalized spacial score (nSPS) is 43.6. The molecule has 0 aromatic heterocycles. The van der Waals surface area contributed by atoms with E-state index in [1.807, 2.05) is 12.2 Å².